The molecule has 21 heavy (non-hydrogen) atoms. The molecule has 1 heterocycles. The van der Waals surface area contributed by atoms with Crippen molar-refractivity contribution in [2.75, 3.05) is 18.5 Å². The Balaban J connectivity index is 2.32. The lowest BCUT2D eigenvalue weighted by atomic mass is 10.3. The summed E-state index contributed by atoms with van der Waals surface area (Å²) in [6.45, 7) is 0.321. The van der Waals surface area contributed by atoms with Crippen LogP contribution in [0.15, 0.2) is 47.6 Å². The van der Waals surface area contributed by atoms with Gasteiger partial charge in [0.25, 0.3) is 10.0 Å². The first-order valence-corrected chi connectivity index (χ1v) is 7.71. The van der Waals surface area contributed by atoms with Gasteiger partial charge in [0.1, 0.15) is 5.75 Å². The van der Waals surface area contributed by atoms with Crippen LogP contribution in [0.4, 0.5) is 5.69 Å². The molecule has 1 aromatic carbocycles. The molecule has 0 saturated carbocycles. The van der Waals surface area contributed by atoms with Gasteiger partial charge in [0.05, 0.1) is 12.8 Å². The minimum Gasteiger partial charge on any atom is -0.497 e. The van der Waals surface area contributed by atoms with Gasteiger partial charge in [0, 0.05) is 19.8 Å². The number of nitrogens with two attached hydrogens (primary N) is 1. The first-order chi connectivity index (χ1) is 9.98. The quantitative estimate of drug-likeness (QED) is 0.902. The van der Waals surface area contributed by atoms with Crippen molar-refractivity contribution in [2.45, 2.75) is 11.6 Å². The van der Waals surface area contributed by atoms with E-state index in [1.807, 2.05) is 0 Å². The van der Waals surface area contributed by atoms with E-state index in [0.29, 0.717) is 18.0 Å². The number of benzene rings is 1. The van der Waals surface area contributed by atoms with Crippen molar-refractivity contribution in [3.63, 3.8) is 0 Å². The lowest BCUT2D eigenvalue weighted by Gasteiger charge is -2.19. The highest BCUT2D eigenvalue weighted by Crippen LogP contribution is 2.23. The molecule has 7 heteroatoms. The van der Waals surface area contributed by atoms with Gasteiger partial charge in [0.2, 0.25) is 0 Å². The number of hydrogen-bond acceptors (Lipinski definition) is 5. The summed E-state index contributed by atoms with van der Waals surface area (Å²) < 4.78 is 31.2. The molecule has 0 unspecified atom stereocenters. The molecule has 0 bridgehead atoms. The molecule has 0 spiro atoms. The van der Waals surface area contributed by atoms with E-state index in [0.717, 1.165) is 5.56 Å². The first kappa shape index (κ1) is 15.3. The predicted octanol–water partition coefficient (Wildman–Crippen LogP) is 1.37. The second-order valence-corrected chi connectivity index (χ2v) is 6.30. The highest BCUT2D eigenvalue weighted by Gasteiger charge is 2.22. The van der Waals surface area contributed by atoms with Crippen LogP contribution in [-0.4, -0.2) is 27.6 Å². The van der Waals surface area contributed by atoms with Gasteiger partial charge in [-0.1, -0.05) is 6.07 Å². The number of hydrogen-bond donors (Lipinski definition) is 1. The van der Waals surface area contributed by atoms with Gasteiger partial charge in [-0.2, -0.15) is 8.42 Å². The van der Waals surface area contributed by atoms with Gasteiger partial charge < -0.3 is 10.5 Å². The predicted molar refractivity (Wildman–Crippen MR) is 80.7 cm³/mol. The first-order valence-electron chi connectivity index (χ1n) is 6.27. The molecule has 0 aliphatic heterocycles. The molecule has 6 nitrogen and oxygen atoms in total. The van der Waals surface area contributed by atoms with E-state index in [4.69, 9.17) is 10.5 Å². The van der Waals surface area contributed by atoms with Crippen LogP contribution in [0.2, 0.25) is 0 Å². The maximum Gasteiger partial charge on any atom is 0.281 e. The lowest BCUT2D eigenvalue weighted by Crippen LogP contribution is -2.27. The third-order valence-electron chi connectivity index (χ3n) is 3.09. The van der Waals surface area contributed by atoms with E-state index < -0.39 is 10.0 Å². The summed E-state index contributed by atoms with van der Waals surface area (Å²) in [6, 6.07) is 9.85. The zero-order chi connectivity index (χ0) is 15.5. The molecule has 0 atom stereocenters. The largest absolute Gasteiger partial charge is 0.497 e. The van der Waals surface area contributed by atoms with Crippen LogP contribution in [0.3, 0.4) is 0 Å². The maximum absolute atomic E-state index is 12.5. The number of pyridine rings is 1. The fourth-order valence-corrected chi connectivity index (χ4v) is 2.86. The molecule has 112 valence electrons. The molecule has 0 aliphatic rings. The van der Waals surface area contributed by atoms with E-state index in [1.54, 1.807) is 37.4 Å². The smallest absolute Gasteiger partial charge is 0.281 e. The van der Waals surface area contributed by atoms with Gasteiger partial charge in [-0.3, -0.25) is 4.31 Å². The van der Waals surface area contributed by atoms with E-state index in [2.05, 4.69) is 4.98 Å². The summed E-state index contributed by atoms with van der Waals surface area (Å²) >= 11 is 0. The van der Waals surface area contributed by atoms with Gasteiger partial charge in [-0.15, -0.1) is 0 Å². The minimum atomic E-state index is -3.70. The van der Waals surface area contributed by atoms with Crippen molar-refractivity contribution in [3.8, 4) is 5.75 Å². The average molecular weight is 307 g/mol. The van der Waals surface area contributed by atoms with E-state index in [9.17, 15) is 8.42 Å². The maximum atomic E-state index is 12.5. The number of anilines is 1. The normalized spacial score (nSPS) is 11.2. The van der Waals surface area contributed by atoms with Crippen LogP contribution in [0.5, 0.6) is 5.75 Å². The van der Waals surface area contributed by atoms with Crippen LogP contribution in [0.1, 0.15) is 5.56 Å². The Morgan fingerprint density at radius 3 is 2.33 bits per heavy atom. The van der Waals surface area contributed by atoms with Crippen molar-refractivity contribution >= 4 is 15.7 Å². The summed E-state index contributed by atoms with van der Waals surface area (Å²) in [5.74, 6) is 0.662. The topological polar surface area (TPSA) is 85.5 Å². The molecule has 0 radical (unpaired) electrons. The molecule has 0 aliphatic carbocycles. The zero-order valence-corrected chi connectivity index (χ0v) is 12.7. The molecule has 0 amide bonds. The van der Waals surface area contributed by atoms with Crippen molar-refractivity contribution in [1.29, 1.82) is 0 Å². The van der Waals surface area contributed by atoms with E-state index in [1.165, 1.54) is 23.6 Å². The third-order valence-corrected chi connectivity index (χ3v) is 4.80. The number of nitrogens with zero attached hydrogens (tertiary/aromatic N) is 2. The Kier molecular flexibility index (Phi) is 4.44. The second-order valence-electron chi connectivity index (χ2n) is 4.38. The van der Waals surface area contributed by atoms with Crippen LogP contribution < -0.4 is 14.8 Å². The van der Waals surface area contributed by atoms with Gasteiger partial charge >= 0.3 is 0 Å². The number of aromatic nitrogens is 1. The Morgan fingerprint density at radius 2 is 1.86 bits per heavy atom. The number of ether oxygens (including phenoxy) is 1. The fraction of sp³-hybridized carbons (Fsp3) is 0.214. The zero-order valence-electron chi connectivity index (χ0n) is 11.9. The summed E-state index contributed by atoms with van der Waals surface area (Å²) in [6.07, 6.45) is 1.47. The second kappa shape index (κ2) is 6.11. The molecule has 2 rings (SSSR count). The van der Waals surface area contributed by atoms with Gasteiger partial charge in [-0.05, 0) is 35.9 Å². The summed E-state index contributed by atoms with van der Waals surface area (Å²) in [5.41, 5.74) is 6.78. The highest BCUT2D eigenvalue weighted by atomic mass is 32.2. The van der Waals surface area contributed by atoms with Crippen molar-refractivity contribution in [3.05, 3.63) is 48.2 Å². The molecule has 2 N–H and O–H groups in total. The summed E-state index contributed by atoms with van der Waals surface area (Å²) in [5, 5.41) is -0.0157. The molecule has 1 aromatic heterocycles. The van der Waals surface area contributed by atoms with E-state index in [-0.39, 0.29) is 5.03 Å². The lowest BCUT2D eigenvalue weighted by molar-refractivity contribution is 0.415. The highest BCUT2D eigenvalue weighted by molar-refractivity contribution is 7.92. The Hall–Kier alpha value is -2.12. The van der Waals surface area contributed by atoms with Gasteiger partial charge in [0.15, 0.2) is 5.03 Å². The van der Waals surface area contributed by atoms with Crippen molar-refractivity contribution in [1.82, 2.24) is 4.98 Å². The standard InChI is InChI=1S/C14H17N3O3S/c1-17(12-4-6-13(20-2)7-5-12)21(18,19)14-8-3-11(9-15)10-16-14/h3-8,10H,9,15H2,1-2H3. The van der Waals surface area contributed by atoms with Crippen LogP contribution in [-0.2, 0) is 16.6 Å². The minimum absolute atomic E-state index is 0.0157. The SMILES string of the molecule is COc1ccc(N(C)S(=O)(=O)c2ccc(CN)cn2)cc1. The fourth-order valence-electron chi connectivity index (χ4n) is 1.76. The number of methoxy groups -OCH3 is 1. The van der Waals surface area contributed by atoms with E-state index >= 15 is 0 Å². The molecular formula is C14H17N3O3S. The Labute approximate surface area is 124 Å². The number of sulfonamides is 1. The van der Waals surface area contributed by atoms with Crippen LogP contribution in [0.25, 0.3) is 0 Å². The third kappa shape index (κ3) is 3.14. The van der Waals surface area contributed by atoms with Gasteiger partial charge in [-0.25, -0.2) is 4.98 Å². The summed E-state index contributed by atoms with van der Waals surface area (Å²) in [4.78, 5) is 3.97. The average Bonchev–Trinajstić information content (AvgIpc) is 2.54. The van der Waals surface area contributed by atoms with Crippen LogP contribution in [0, 0.1) is 0 Å². The number of rotatable bonds is 5. The summed E-state index contributed by atoms with van der Waals surface area (Å²) in [7, 11) is -0.660. The van der Waals surface area contributed by atoms with Crippen molar-refractivity contribution in [2.24, 2.45) is 5.73 Å². The Bertz CT molecular complexity index is 697. The molecule has 0 fully saturated rings. The monoisotopic (exact) mass is 307 g/mol. The molecular weight excluding hydrogens is 290 g/mol. The van der Waals surface area contributed by atoms with Crippen LogP contribution >= 0.6 is 0 Å². The van der Waals surface area contributed by atoms with Crippen molar-refractivity contribution < 1.29 is 13.2 Å². The Morgan fingerprint density at radius 1 is 1.19 bits per heavy atom. The molecule has 2 aromatic rings. The molecule has 0 saturated heterocycles.